The minimum Gasteiger partial charge on any atom is -0.471 e. The highest BCUT2D eigenvalue weighted by molar-refractivity contribution is 6.24. The van der Waals surface area contributed by atoms with Crippen LogP contribution in [0.25, 0.3) is 43.5 Å². The summed E-state index contributed by atoms with van der Waals surface area (Å²) < 4.78 is 16.6. The van der Waals surface area contributed by atoms with Crippen LogP contribution in [0.2, 0.25) is 0 Å². The highest BCUT2D eigenvalue weighted by Crippen LogP contribution is 2.38. The van der Waals surface area contributed by atoms with Crippen LogP contribution in [0, 0.1) is 0 Å². The van der Waals surface area contributed by atoms with Crippen LogP contribution in [0.5, 0.6) is 0 Å². The maximum atomic E-state index is 5.66. The minimum atomic E-state index is 0.895. The minimum absolute atomic E-state index is 0.895. The lowest BCUT2D eigenvalue weighted by Crippen LogP contribution is -1.77. The summed E-state index contributed by atoms with van der Waals surface area (Å²) in [6.45, 7) is 0. The number of hydrogen-bond acceptors (Lipinski definition) is 3. The number of hydrogen-bond donors (Lipinski definition) is 0. The van der Waals surface area contributed by atoms with E-state index in [-0.39, 0.29) is 0 Å². The van der Waals surface area contributed by atoms with E-state index in [1.165, 1.54) is 0 Å². The lowest BCUT2D eigenvalue weighted by molar-refractivity contribution is 0.572. The molecule has 0 saturated heterocycles. The number of rotatable bonds is 0. The Labute approximate surface area is 107 Å². The van der Waals surface area contributed by atoms with Crippen molar-refractivity contribution in [3.05, 3.63) is 49.3 Å². The predicted octanol–water partition coefficient (Wildman–Crippen LogP) is 5.08. The molecule has 0 radical (unpaired) electrons. The summed E-state index contributed by atoms with van der Waals surface area (Å²) in [5, 5.41) is 6.40. The van der Waals surface area contributed by atoms with Gasteiger partial charge in [0.25, 0.3) is 0 Å². The molecule has 3 heterocycles. The summed E-state index contributed by atoms with van der Waals surface area (Å²) >= 11 is 0. The Morgan fingerprint density at radius 2 is 1.16 bits per heavy atom. The van der Waals surface area contributed by atoms with E-state index in [4.69, 9.17) is 13.3 Å². The third-order valence-electron chi connectivity index (χ3n) is 3.72. The predicted molar refractivity (Wildman–Crippen MR) is 73.3 cm³/mol. The second kappa shape index (κ2) is 3.01. The molecule has 0 unspecified atom stereocenters. The molecule has 0 atom stereocenters. The van der Waals surface area contributed by atoms with Crippen LogP contribution in [0.1, 0.15) is 0 Å². The molecule has 0 aliphatic heterocycles. The van der Waals surface area contributed by atoms with Crippen molar-refractivity contribution in [2.45, 2.75) is 0 Å². The van der Waals surface area contributed by atoms with Gasteiger partial charge >= 0.3 is 0 Å². The second-order valence-electron chi connectivity index (χ2n) is 4.73. The van der Waals surface area contributed by atoms with Crippen LogP contribution >= 0.6 is 0 Å². The Hall–Kier alpha value is -2.68. The van der Waals surface area contributed by atoms with Gasteiger partial charge in [-0.3, -0.25) is 0 Å². The monoisotopic (exact) mass is 248 g/mol. The van der Waals surface area contributed by atoms with E-state index < -0.39 is 0 Å². The largest absolute Gasteiger partial charge is 0.471 e. The standard InChI is InChI=1S/C16H8O3/c1-3-18-15-11(1)12-2-4-19-16(12)14-6-10-8-17-7-9(10)5-13(14)15/h1-8H. The molecule has 5 rings (SSSR count). The van der Waals surface area contributed by atoms with Crippen LogP contribution in [0.3, 0.4) is 0 Å². The zero-order valence-corrected chi connectivity index (χ0v) is 9.84. The Balaban J connectivity index is 2.23. The molecular formula is C16H8O3. The van der Waals surface area contributed by atoms with E-state index in [1.54, 1.807) is 25.1 Å². The van der Waals surface area contributed by atoms with E-state index >= 15 is 0 Å². The van der Waals surface area contributed by atoms with E-state index in [9.17, 15) is 0 Å². The van der Waals surface area contributed by atoms with Gasteiger partial charge < -0.3 is 13.3 Å². The highest BCUT2D eigenvalue weighted by atomic mass is 16.3. The molecule has 0 fully saturated rings. The Morgan fingerprint density at radius 3 is 1.68 bits per heavy atom. The van der Waals surface area contributed by atoms with E-state index in [0.717, 1.165) is 43.5 Å². The van der Waals surface area contributed by atoms with Gasteiger partial charge in [-0.25, -0.2) is 0 Å². The summed E-state index contributed by atoms with van der Waals surface area (Å²) in [5.41, 5.74) is 1.79. The Kier molecular flexibility index (Phi) is 1.47. The molecular weight excluding hydrogens is 240 g/mol. The first-order valence-electron chi connectivity index (χ1n) is 6.08. The molecule has 0 bridgehead atoms. The van der Waals surface area contributed by atoms with E-state index in [2.05, 4.69) is 12.1 Å². The first kappa shape index (κ1) is 9.28. The zero-order chi connectivity index (χ0) is 12.4. The third-order valence-corrected chi connectivity index (χ3v) is 3.72. The topological polar surface area (TPSA) is 39.4 Å². The maximum Gasteiger partial charge on any atom is 0.142 e. The molecule has 2 aromatic carbocycles. The van der Waals surface area contributed by atoms with Gasteiger partial charge in [-0.15, -0.1) is 0 Å². The van der Waals surface area contributed by atoms with Crippen molar-refractivity contribution in [2.75, 3.05) is 0 Å². The first-order chi connectivity index (χ1) is 9.42. The Bertz CT molecular complexity index is 975. The van der Waals surface area contributed by atoms with Gasteiger partial charge in [0, 0.05) is 32.3 Å². The zero-order valence-electron chi connectivity index (χ0n) is 9.84. The van der Waals surface area contributed by atoms with Gasteiger partial charge in [0.05, 0.1) is 25.1 Å². The lowest BCUT2D eigenvalue weighted by Gasteiger charge is -2.01. The summed E-state index contributed by atoms with van der Waals surface area (Å²) in [4.78, 5) is 0. The fraction of sp³-hybridized carbons (Fsp3) is 0. The number of fused-ring (bicyclic) bond motifs is 7. The molecule has 0 aliphatic carbocycles. The van der Waals surface area contributed by atoms with E-state index in [0.29, 0.717) is 0 Å². The summed E-state index contributed by atoms with van der Waals surface area (Å²) in [6.07, 6.45) is 6.93. The molecule has 3 heteroatoms. The van der Waals surface area contributed by atoms with E-state index in [1.807, 2.05) is 12.1 Å². The van der Waals surface area contributed by atoms with Crippen molar-refractivity contribution in [2.24, 2.45) is 0 Å². The Morgan fingerprint density at radius 1 is 0.632 bits per heavy atom. The fourth-order valence-corrected chi connectivity index (χ4v) is 2.85. The quantitative estimate of drug-likeness (QED) is 0.383. The van der Waals surface area contributed by atoms with Crippen LogP contribution in [0.4, 0.5) is 0 Å². The maximum absolute atomic E-state index is 5.66. The number of benzene rings is 2. The molecule has 0 N–H and O–H groups in total. The summed E-state index contributed by atoms with van der Waals surface area (Å²) in [6, 6.07) is 8.13. The summed E-state index contributed by atoms with van der Waals surface area (Å²) in [7, 11) is 0. The van der Waals surface area contributed by atoms with Crippen LogP contribution < -0.4 is 0 Å². The van der Waals surface area contributed by atoms with Crippen molar-refractivity contribution in [1.29, 1.82) is 0 Å². The van der Waals surface area contributed by atoms with Gasteiger partial charge in [-0.05, 0) is 24.3 Å². The van der Waals surface area contributed by atoms with Crippen molar-refractivity contribution in [1.82, 2.24) is 0 Å². The van der Waals surface area contributed by atoms with Gasteiger partial charge in [0.1, 0.15) is 11.2 Å². The van der Waals surface area contributed by atoms with Crippen molar-refractivity contribution < 1.29 is 13.3 Å². The van der Waals surface area contributed by atoms with Crippen molar-refractivity contribution in [3.63, 3.8) is 0 Å². The SMILES string of the molecule is c1cc2c3ccoc3c3cc4cocc4cc3c2o1. The molecule has 0 saturated carbocycles. The molecule has 19 heavy (non-hydrogen) atoms. The first-order valence-corrected chi connectivity index (χ1v) is 6.08. The molecule has 0 amide bonds. The fourth-order valence-electron chi connectivity index (χ4n) is 2.85. The van der Waals surface area contributed by atoms with Gasteiger partial charge in [0.2, 0.25) is 0 Å². The highest BCUT2D eigenvalue weighted by Gasteiger charge is 2.14. The molecule has 0 aliphatic rings. The third kappa shape index (κ3) is 1.03. The van der Waals surface area contributed by atoms with Gasteiger partial charge in [-0.2, -0.15) is 0 Å². The average Bonchev–Trinajstić information content (AvgIpc) is 3.15. The number of furan rings is 3. The normalized spacial score (nSPS) is 12.2. The molecule has 5 aromatic rings. The van der Waals surface area contributed by atoms with Crippen molar-refractivity contribution in [3.8, 4) is 0 Å². The molecule has 0 spiro atoms. The van der Waals surface area contributed by atoms with Crippen LogP contribution in [0.15, 0.2) is 62.6 Å². The van der Waals surface area contributed by atoms with Crippen LogP contribution in [-0.4, -0.2) is 0 Å². The van der Waals surface area contributed by atoms with Crippen molar-refractivity contribution >= 4 is 43.5 Å². The molecule has 90 valence electrons. The molecule has 3 aromatic heterocycles. The summed E-state index contributed by atoms with van der Waals surface area (Å²) in [5.74, 6) is 0. The van der Waals surface area contributed by atoms with Gasteiger partial charge in [0.15, 0.2) is 0 Å². The van der Waals surface area contributed by atoms with Crippen LogP contribution in [-0.2, 0) is 0 Å². The molecule has 3 nitrogen and oxygen atoms in total. The smallest absolute Gasteiger partial charge is 0.142 e. The van der Waals surface area contributed by atoms with Gasteiger partial charge in [-0.1, -0.05) is 0 Å². The average molecular weight is 248 g/mol. The lowest BCUT2D eigenvalue weighted by atomic mass is 10.0. The second-order valence-corrected chi connectivity index (χ2v) is 4.73.